The molecular weight excluding hydrogens is 286 g/mol. The van der Waals surface area contributed by atoms with E-state index in [0.29, 0.717) is 25.5 Å². The molecule has 0 spiro atoms. The molecule has 1 aromatic heterocycles. The maximum absolute atomic E-state index is 12.2. The number of morpholine rings is 1. The van der Waals surface area contributed by atoms with Gasteiger partial charge in [0.05, 0.1) is 12.7 Å². The molecule has 2 rings (SSSR count). The molecule has 1 aliphatic rings. The number of aromatic nitrogens is 2. The normalized spacial score (nSPS) is 18.5. The molecule has 1 aliphatic heterocycles. The van der Waals surface area contributed by atoms with E-state index in [1.165, 1.54) is 11.6 Å². The second kappa shape index (κ2) is 6.34. The van der Waals surface area contributed by atoms with E-state index in [1.807, 2.05) is 30.0 Å². The van der Waals surface area contributed by atoms with Crippen molar-refractivity contribution in [3.63, 3.8) is 0 Å². The number of hydrogen-bond donors (Lipinski definition) is 0. The van der Waals surface area contributed by atoms with E-state index < -0.39 is 11.2 Å². The van der Waals surface area contributed by atoms with Gasteiger partial charge in [0.25, 0.3) is 5.56 Å². The van der Waals surface area contributed by atoms with Gasteiger partial charge in [0.1, 0.15) is 11.9 Å². The van der Waals surface area contributed by atoms with E-state index in [1.54, 1.807) is 7.05 Å². The Labute approximate surface area is 128 Å². The van der Waals surface area contributed by atoms with Crippen LogP contribution in [0, 0.1) is 11.3 Å². The highest BCUT2D eigenvalue weighted by Gasteiger charge is 2.27. The Morgan fingerprint density at radius 3 is 2.59 bits per heavy atom. The summed E-state index contributed by atoms with van der Waals surface area (Å²) in [5.74, 6) is 0.377. The highest BCUT2D eigenvalue weighted by Crippen LogP contribution is 2.18. The van der Waals surface area contributed by atoms with Gasteiger partial charge in [0.15, 0.2) is 5.56 Å². The third-order valence-corrected chi connectivity index (χ3v) is 3.75. The molecule has 1 fully saturated rings. The van der Waals surface area contributed by atoms with E-state index >= 15 is 0 Å². The van der Waals surface area contributed by atoms with Crippen molar-refractivity contribution in [1.82, 2.24) is 14.0 Å². The van der Waals surface area contributed by atoms with E-state index in [0.717, 1.165) is 11.1 Å². The summed E-state index contributed by atoms with van der Waals surface area (Å²) in [5, 5.41) is 9.34. The number of likely N-dealkylation sites (N-methyl/N-ethyl adjacent to an activating group) is 1. The van der Waals surface area contributed by atoms with Gasteiger partial charge in [-0.2, -0.15) is 5.26 Å². The molecule has 1 aromatic rings. The van der Waals surface area contributed by atoms with Crippen LogP contribution in [0.3, 0.4) is 0 Å². The van der Waals surface area contributed by atoms with Crippen LogP contribution in [0.15, 0.2) is 9.59 Å². The lowest BCUT2D eigenvalue weighted by Crippen LogP contribution is -2.50. The van der Waals surface area contributed by atoms with Crippen LogP contribution >= 0.6 is 0 Å². The van der Waals surface area contributed by atoms with Gasteiger partial charge in [0.2, 0.25) is 0 Å². The summed E-state index contributed by atoms with van der Waals surface area (Å²) >= 11 is 0. The van der Waals surface area contributed by atoms with Gasteiger partial charge in [-0.05, 0) is 14.1 Å². The monoisotopic (exact) mass is 307 g/mol. The van der Waals surface area contributed by atoms with E-state index in [-0.39, 0.29) is 11.7 Å². The lowest BCUT2D eigenvalue weighted by Gasteiger charge is -2.36. The van der Waals surface area contributed by atoms with E-state index in [4.69, 9.17) is 4.74 Å². The van der Waals surface area contributed by atoms with Crippen molar-refractivity contribution in [2.24, 2.45) is 14.1 Å². The van der Waals surface area contributed by atoms with Crippen molar-refractivity contribution in [2.45, 2.75) is 6.10 Å². The predicted octanol–water partition coefficient (Wildman–Crippen LogP) is -1.28. The predicted molar refractivity (Wildman–Crippen MR) is 82.1 cm³/mol. The average Bonchev–Trinajstić information content (AvgIpc) is 2.48. The minimum absolute atomic E-state index is 0.00453. The van der Waals surface area contributed by atoms with Crippen molar-refractivity contribution in [3.05, 3.63) is 26.4 Å². The SMILES string of the molecule is CN(C)C[C@@H]1CN(c2c(C#N)c(=O)n(C)c(=O)n2C)CCO1. The average molecular weight is 307 g/mol. The number of nitrogens with zero attached hydrogens (tertiary/aromatic N) is 5. The quantitative estimate of drug-likeness (QED) is 0.692. The zero-order chi connectivity index (χ0) is 16.4. The molecule has 0 saturated carbocycles. The van der Waals surface area contributed by atoms with Crippen molar-refractivity contribution < 1.29 is 4.74 Å². The first-order chi connectivity index (χ1) is 10.4. The van der Waals surface area contributed by atoms with Gasteiger partial charge in [-0.15, -0.1) is 0 Å². The van der Waals surface area contributed by atoms with Crippen LogP contribution in [0.2, 0.25) is 0 Å². The lowest BCUT2D eigenvalue weighted by atomic mass is 10.2. The zero-order valence-corrected chi connectivity index (χ0v) is 13.4. The van der Waals surface area contributed by atoms with E-state index in [2.05, 4.69) is 0 Å². The van der Waals surface area contributed by atoms with Gasteiger partial charge >= 0.3 is 5.69 Å². The highest BCUT2D eigenvalue weighted by atomic mass is 16.5. The summed E-state index contributed by atoms with van der Waals surface area (Å²) in [4.78, 5) is 28.2. The number of nitriles is 1. The largest absolute Gasteiger partial charge is 0.373 e. The lowest BCUT2D eigenvalue weighted by molar-refractivity contribution is 0.0243. The second-order valence-electron chi connectivity index (χ2n) is 5.72. The van der Waals surface area contributed by atoms with Gasteiger partial charge in [-0.25, -0.2) is 4.79 Å². The first-order valence-corrected chi connectivity index (χ1v) is 7.08. The minimum atomic E-state index is -0.559. The standard InChI is InChI=1S/C14H21N5O3/c1-16(2)8-10-9-19(5-6-22-10)12-11(7-15)13(20)18(4)14(21)17(12)3/h10H,5-6,8-9H2,1-4H3/t10-/m1/s1. The van der Waals surface area contributed by atoms with Crippen LogP contribution in [0.5, 0.6) is 0 Å². The fraction of sp³-hybridized carbons (Fsp3) is 0.643. The van der Waals surface area contributed by atoms with Gasteiger partial charge in [-0.1, -0.05) is 0 Å². The van der Waals surface area contributed by atoms with Crippen LogP contribution in [0.25, 0.3) is 0 Å². The van der Waals surface area contributed by atoms with Crippen molar-refractivity contribution >= 4 is 5.82 Å². The zero-order valence-electron chi connectivity index (χ0n) is 13.4. The summed E-state index contributed by atoms with van der Waals surface area (Å²) in [5.41, 5.74) is -0.999. The smallest absolute Gasteiger partial charge is 0.332 e. The van der Waals surface area contributed by atoms with Crippen molar-refractivity contribution in [3.8, 4) is 6.07 Å². The Kier molecular flexibility index (Phi) is 4.68. The molecule has 2 heterocycles. The molecule has 1 saturated heterocycles. The number of ether oxygens (including phenoxy) is 1. The Balaban J connectivity index is 2.46. The molecule has 8 heteroatoms. The molecule has 120 valence electrons. The Morgan fingerprint density at radius 2 is 2.00 bits per heavy atom. The minimum Gasteiger partial charge on any atom is -0.373 e. The van der Waals surface area contributed by atoms with Crippen LogP contribution in [-0.2, 0) is 18.8 Å². The highest BCUT2D eigenvalue weighted by molar-refractivity contribution is 5.53. The van der Waals surface area contributed by atoms with Crippen LogP contribution in [-0.4, -0.2) is 60.5 Å². The molecule has 8 nitrogen and oxygen atoms in total. The molecule has 0 radical (unpaired) electrons. The van der Waals surface area contributed by atoms with Crippen molar-refractivity contribution in [2.75, 3.05) is 45.2 Å². The van der Waals surface area contributed by atoms with Crippen molar-refractivity contribution in [1.29, 1.82) is 5.26 Å². The Hall–Kier alpha value is -2.11. The fourth-order valence-electron chi connectivity index (χ4n) is 2.73. The van der Waals surface area contributed by atoms with Crippen LogP contribution in [0.4, 0.5) is 5.82 Å². The summed E-state index contributed by atoms with van der Waals surface area (Å²) < 4.78 is 8.02. The Bertz CT molecular complexity index is 713. The van der Waals surface area contributed by atoms with Crippen LogP contribution < -0.4 is 16.1 Å². The fourth-order valence-corrected chi connectivity index (χ4v) is 2.73. The molecule has 0 unspecified atom stereocenters. The molecule has 0 aromatic carbocycles. The molecule has 1 atom stereocenters. The first kappa shape index (κ1) is 16.3. The second-order valence-corrected chi connectivity index (χ2v) is 5.72. The van der Waals surface area contributed by atoms with Gasteiger partial charge in [0, 0.05) is 33.7 Å². The first-order valence-electron chi connectivity index (χ1n) is 7.08. The molecule has 0 bridgehead atoms. The Morgan fingerprint density at radius 1 is 1.32 bits per heavy atom. The van der Waals surface area contributed by atoms with Gasteiger partial charge < -0.3 is 14.5 Å². The molecule has 0 amide bonds. The van der Waals surface area contributed by atoms with Gasteiger partial charge in [-0.3, -0.25) is 13.9 Å². The summed E-state index contributed by atoms with van der Waals surface area (Å²) in [6, 6.07) is 1.94. The summed E-state index contributed by atoms with van der Waals surface area (Å²) in [6.45, 7) is 2.30. The number of rotatable bonds is 3. The third-order valence-electron chi connectivity index (χ3n) is 3.75. The van der Waals surface area contributed by atoms with Crippen LogP contribution in [0.1, 0.15) is 5.56 Å². The molecule has 0 N–H and O–H groups in total. The molecular formula is C14H21N5O3. The molecule has 0 aliphatic carbocycles. The maximum Gasteiger partial charge on any atom is 0.332 e. The third kappa shape index (κ3) is 2.91. The summed E-state index contributed by atoms with van der Waals surface area (Å²) in [6.07, 6.45) is -0.0329. The maximum atomic E-state index is 12.2. The summed E-state index contributed by atoms with van der Waals surface area (Å²) in [7, 11) is 6.87. The number of hydrogen-bond acceptors (Lipinski definition) is 6. The number of anilines is 1. The topological polar surface area (TPSA) is 83.5 Å². The van der Waals surface area contributed by atoms with E-state index in [9.17, 15) is 14.9 Å². The molecule has 22 heavy (non-hydrogen) atoms.